The van der Waals surface area contributed by atoms with E-state index in [1.54, 1.807) is 25.4 Å². The largest absolute Gasteiger partial charge is 0.462 e. The average Bonchev–Trinajstić information content (AvgIpc) is 2.57. The summed E-state index contributed by atoms with van der Waals surface area (Å²) in [6.07, 6.45) is 1.80. The van der Waals surface area contributed by atoms with Crippen molar-refractivity contribution in [2.45, 2.75) is 13.8 Å². The number of aliphatic imine (C=N–C) groups is 1. The number of carbonyl (C=O) groups is 1. The number of hydrogen-bond donors (Lipinski definition) is 0. The molecule has 0 radical (unpaired) electrons. The minimum Gasteiger partial charge on any atom is -0.462 e. The van der Waals surface area contributed by atoms with Crippen LogP contribution in [0, 0.1) is 0 Å². The monoisotopic (exact) mass is 296 g/mol. The van der Waals surface area contributed by atoms with Gasteiger partial charge in [-0.15, -0.1) is 0 Å². The van der Waals surface area contributed by atoms with E-state index in [9.17, 15) is 4.79 Å². The molecule has 0 saturated heterocycles. The molecule has 4 nitrogen and oxygen atoms in total. The fourth-order valence-electron chi connectivity index (χ4n) is 1.98. The van der Waals surface area contributed by atoms with Gasteiger partial charge in [-0.1, -0.05) is 18.2 Å². The summed E-state index contributed by atoms with van der Waals surface area (Å²) in [5, 5.41) is 0. The summed E-state index contributed by atoms with van der Waals surface area (Å²) < 4.78 is 4.98. The van der Waals surface area contributed by atoms with Gasteiger partial charge >= 0.3 is 5.97 Å². The molecule has 0 aromatic heterocycles. The predicted octanol–water partition coefficient (Wildman–Crippen LogP) is 4.05. The Kier molecular flexibility index (Phi) is 5.72. The summed E-state index contributed by atoms with van der Waals surface area (Å²) in [5.41, 5.74) is 2.45. The van der Waals surface area contributed by atoms with Crippen LogP contribution in [-0.4, -0.2) is 25.5 Å². The Balaban J connectivity index is 2.11. The van der Waals surface area contributed by atoms with Crippen LogP contribution in [0.3, 0.4) is 0 Å². The molecule has 0 bridgehead atoms. The molecule has 2 aromatic carbocycles. The van der Waals surface area contributed by atoms with Crippen molar-refractivity contribution in [1.82, 2.24) is 0 Å². The van der Waals surface area contributed by atoms with Crippen LogP contribution >= 0.6 is 0 Å². The van der Waals surface area contributed by atoms with Gasteiger partial charge in [0, 0.05) is 12.2 Å². The zero-order valence-corrected chi connectivity index (χ0v) is 12.9. The lowest BCUT2D eigenvalue weighted by Gasteiger charge is -2.17. The van der Waals surface area contributed by atoms with Crippen molar-refractivity contribution < 1.29 is 9.53 Å². The van der Waals surface area contributed by atoms with Crippen molar-refractivity contribution in [3.8, 4) is 0 Å². The fraction of sp³-hybridized carbons (Fsp3) is 0.222. The maximum absolute atomic E-state index is 11.6. The molecule has 0 aliphatic carbocycles. The first kappa shape index (κ1) is 15.8. The number of para-hydroxylation sites is 1. The first-order valence-electron chi connectivity index (χ1n) is 7.37. The molecule has 0 amide bonds. The maximum atomic E-state index is 11.6. The Labute approximate surface area is 131 Å². The Morgan fingerprint density at radius 2 is 1.77 bits per heavy atom. The number of nitrogens with zero attached hydrogens (tertiary/aromatic N) is 2. The van der Waals surface area contributed by atoms with Crippen LogP contribution in [-0.2, 0) is 4.74 Å². The van der Waals surface area contributed by atoms with Crippen molar-refractivity contribution in [3.63, 3.8) is 0 Å². The van der Waals surface area contributed by atoms with Crippen LogP contribution in [0.1, 0.15) is 24.2 Å². The normalized spacial score (nSPS) is 10.6. The fourth-order valence-corrected chi connectivity index (χ4v) is 1.98. The Morgan fingerprint density at radius 3 is 2.36 bits per heavy atom. The SMILES string of the molecule is CCOC(=O)c1ccc(N(C=Nc2ccccc2)CC)cc1. The van der Waals surface area contributed by atoms with Gasteiger partial charge in [0.05, 0.1) is 24.2 Å². The second-order valence-corrected chi connectivity index (χ2v) is 4.63. The van der Waals surface area contributed by atoms with E-state index in [1.165, 1.54) is 0 Å². The van der Waals surface area contributed by atoms with Gasteiger partial charge in [0.2, 0.25) is 0 Å². The minimum atomic E-state index is -0.296. The third-order valence-electron chi connectivity index (χ3n) is 3.15. The van der Waals surface area contributed by atoms with E-state index >= 15 is 0 Å². The van der Waals surface area contributed by atoms with Gasteiger partial charge in [-0.3, -0.25) is 0 Å². The van der Waals surface area contributed by atoms with Crippen LogP contribution in [0.5, 0.6) is 0 Å². The number of esters is 1. The van der Waals surface area contributed by atoms with Crippen molar-refractivity contribution in [2.24, 2.45) is 4.99 Å². The molecule has 0 saturated carbocycles. The molecule has 2 rings (SSSR count). The quantitative estimate of drug-likeness (QED) is 0.459. The predicted molar refractivity (Wildman–Crippen MR) is 90.0 cm³/mol. The van der Waals surface area contributed by atoms with E-state index in [1.807, 2.05) is 47.4 Å². The van der Waals surface area contributed by atoms with Gasteiger partial charge in [-0.25, -0.2) is 9.79 Å². The minimum absolute atomic E-state index is 0.296. The van der Waals surface area contributed by atoms with E-state index in [-0.39, 0.29) is 5.97 Å². The summed E-state index contributed by atoms with van der Waals surface area (Å²) in [6, 6.07) is 17.1. The third-order valence-corrected chi connectivity index (χ3v) is 3.15. The zero-order chi connectivity index (χ0) is 15.8. The lowest BCUT2D eigenvalue weighted by atomic mass is 10.2. The average molecular weight is 296 g/mol. The summed E-state index contributed by atoms with van der Waals surface area (Å²) in [5.74, 6) is -0.296. The highest BCUT2D eigenvalue weighted by Gasteiger charge is 2.07. The van der Waals surface area contributed by atoms with Crippen LogP contribution in [0.2, 0.25) is 0 Å². The third kappa shape index (κ3) is 4.19. The second kappa shape index (κ2) is 7.98. The van der Waals surface area contributed by atoms with Crippen LogP contribution in [0.25, 0.3) is 0 Å². The number of anilines is 1. The Bertz CT molecular complexity index is 621. The van der Waals surface area contributed by atoms with Gasteiger partial charge in [-0.2, -0.15) is 0 Å². The first-order valence-corrected chi connectivity index (χ1v) is 7.37. The molecular weight excluding hydrogens is 276 g/mol. The van der Waals surface area contributed by atoms with E-state index in [2.05, 4.69) is 11.9 Å². The molecule has 2 aromatic rings. The first-order chi connectivity index (χ1) is 10.7. The number of carbonyl (C=O) groups excluding carboxylic acids is 1. The molecule has 4 heteroatoms. The molecule has 0 spiro atoms. The smallest absolute Gasteiger partial charge is 0.338 e. The molecule has 0 N–H and O–H groups in total. The molecule has 0 fully saturated rings. The molecule has 114 valence electrons. The molecule has 0 heterocycles. The zero-order valence-electron chi connectivity index (χ0n) is 12.9. The number of hydrogen-bond acceptors (Lipinski definition) is 3. The summed E-state index contributed by atoms with van der Waals surface area (Å²) in [7, 11) is 0. The number of rotatable bonds is 6. The molecular formula is C18H20N2O2. The lowest BCUT2D eigenvalue weighted by molar-refractivity contribution is 0.0526. The van der Waals surface area contributed by atoms with Crippen molar-refractivity contribution in [3.05, 3.63) is 60.2 Å². The lowest BCUT2D eigenvalue weighted by Crippen LogP contribution is -2.20. The van der Waals surface area contributed by atoms with E-state index < -0.39 is 0 Å². The van der Waals surface area contributed by atoms with Gasteiger partial charge in [-0.05, 0) is 50.2 Å². The summed E-state index contributed by atoms with van der Waals surface area (Å²) in [4.78, 5) is 18.1. The number of ether oxygens (including phenoxy) is 1. The molecule has 0 aliphatic heterocycles. The van der Waals surface area contributed by atoms with Gasteiger partial charge in [0.15, 0.2) is 0 Å². The van der Waals surface area contributed by atoms with E-state index in [0.29, 0.717) is 12.2 Å². The van der Waals surface area contributed by atoms with Crippen LogP contribution in [0.15, 0.2) is 59.6 Å². The topological polar surface area (TPSA) is 41.9 Å². The summed E-state index contributed by atoms with van der Waals surface area (Å²) in [6.45, 7) is 5.02. The Hall–Kier alpha value is -2.62. The van der Waals surface area contributed by atoms with Crippen molar-refractivity contribution >= 4 is 23.7 Å². The Morgan fingerprint density at radius 1 is 1.09 bits per heavy atom. The number of benzene rings is 2. The highest BCUT2D eigenvalue weighted by atomic mass is 16.5. The van der Waals surface area contributed by atoms with Gasteiger partial charge in [0.25, 0.3) is 0 Å². The maximum Gasteiger partial charge on any atom is 0.338 e. The molecule has 0 aliphatic rings. The van der Waals surface area contributed by atoms with E-state index in [0.717, 1.165) is 17.9 Å². The van der Waals surface area contributed by atoms with Gasteiger partial charge < -0.3 is 9.64 Å². The molecule has 22 heavy (non-hydrogen) atoms. The van der Waals surface area contributed by atoms with Crippen molar-refractivity contribution in [2.75, 3.05) is 18.1 Å². The van der Waals surface area contributed by atoms with Crippen molar-refractivity contribution in [1.29, 1.82) is 0 Å². The molecule has 0 atom stereocenters. The van der Waals surface area contributed by atoms with E-state index in [4.69, 9.17) is 4.74 Å². The second-order valence-electron chi connectivity index (χ2n) is 4.63. The standard InChI is InChI=1S/C18H20N2O2/c1-3-20(14-19-16-8-6-5-7-9-16)17-12-10-15(11-13-17)18(21)22-4-2/h5-14H,3-4H2,1-2H3. The van der Waals surface area contributed by atoms with Gasteiger partial charge in [0.1, 0.15) is 0 Å². The van der Waals surface area contributed by atoms with Crippen LogP contribution in [0.4, 0.5) is 11.4 Å². The molecule has 0 unspecified atom stereocenters. The highest BCUT2D eigenvalue weighted by Crippen LogP contribution is 2.16. The van der Waals surface area contributed by atoms with Crippen LogP contribution < -0.4 is 4.90 Å². The summed E-state index contributed by atoms with van der Waals surface area (Å²) >= 11 is 0. The highest BCUT2D eigenvalue weighted by molar-refractivity contribution is 5.90.